The molecule has 1 saturated heterocycles. The monoisotopic (exact) mass is 408 g/mol. The third kappa shape index (κ3) is 6.36. The van der Waals surface area contributed by atoms with E-state index in [4.69, 9.17) is 9.47 Å². The molecule has 1 rings (SSSR count). The molecule has 12 heteroatoms. The number of quaternary nitrogens is 1. The Balaban J connectivity index is 2.50. The van der Waals surface area contributed by atoms with Gasteiger partial charge in [-0.25, -0.2) is 0 Å². The molecule has 1 heterocycles. The number of hydrogen-bond acceptors (Lipinski definition) is 8. The minimum atomic E-state index is -3.95. The molecule has 0 amide bonds. The standard InChI is InChI=1S/C10H23AsNO9S/c1-11(2,16)3-7-8(14)9(15)10(20-7)19-4-6(13)5-22(17,18)21-12/h6-10,13-15H,3-5H2,1-2,12H3/q+2/t6-,7+,8+,9+,10+/m0/s1. The van der Waals surface area contributed by atoms with Crippen LogP contribution in [0, 0.1) is 0 Å². The molecule has 0 spiro atoms. The zero-order valence-corrected chi connectivity index (χ0v) is 15.1. The van der Waals surface area contributed by atoms with Crippen LogP contribution in [0.4, 0.5) is 0 Å². The Morgan fingerprint density at radius 3 is 2.45 bits per heavy atom. The summed E-state index contributed by atoms with van der Waals surface area (Å²) < 4.78 is 48.3. The Labute approximate surface area is 131 Å². The molecule has 0 saturated carbocycles. The average molecular weight is 408 g/mol. The second kappa shape index (κ2) is 7.84. The summed E-state index contributed by atoms with van der Waals surface area (Å²) in [6, 6.07) is 0. The summed E-state index contributed by atoms with van der Waals surface area (Å²) in [4.78, 5) is 0. The maximum absolute atomic E-state index is 11.8. The molecule has 1 unspecified atom stereocenters. The van der Waals surface area contributed by atoms with Crippen LogP contribution in [0.25, 0.3) is 0 Å². The Kier molecular flexibility index (Phi) is 7.21. The molecular weight excluding hydrogens is 385 g/mol. The number of aliphatic hydroxyl groups excluding tert-OH is 3. The fraction of sp³-hybridized carbons (Fsp3) is 1.00. The van der Waals surface area contributed by atoms with Crippen molar-refractivity contribution in [3.63, 3.8) is 0 Å². The van der Waals surface area contributed by atoms with Gasteiger partial charge in [-0.2, -0.15) is 0 Å². The van der Waals surface area contributed by atoms with Gasteiger partial charge in [0.05, 0.1) is 0 Å². The fourth-order valence-corrected chi connectivity index (χ4v) is 5.09. The van der Waals surface area contributed by atoms with E-state index in [1.165, 1.54) is 0 Å². The number of ether oxygens (including phenoxy) is 2. The third-order valence-electron chi connectivity index (χ3n) is 2.97. The summed E-state index contributed by atoms with van der Waals surface area (Å²) in [5.41, 5.74) is 3.17. The summed E-state index contributed by atoms with van der Waals surface area (Å²) in [7, 11) is -3.95. The first-order chi connectivity index (χ1) is 9.95. The molecule has 6 N–H and O–H groups in total. The van der Waals surface area contributed by atoms with Crippen molar-refractivity contribution >= 4 is 24.0 Å². The molecule has 1 fully saturated rings. The molecule has 6 atom stereocenters. The van der Waals surface area contributed by atoms with Gasteiger partial charge in [0.15, 0.2) is 0 Å². The van der Waals surface area contributed by atoms with E-state index in [9.17, 15) is 27.8 Å². The summed E-state index contributed by atoms with van der Waals surface area (Å²) in [6.45, 7) is -0.454. The van der Waals surface area contributed by atoms with E-state index in [1.54, 1.807) is 11.4 Å². The molecule has 10 nitrogen and oxygen atoms in total. The zero-order valence-electron chi connectivity index (χ0n) is 12.4. The predicted octanol–water partition coefficient (Wildman–Crippen LogP) is -2.62. The quantitative estimate of drug-likeness (QED) is 0.192. The Hall–Kier alpha value is 0.188. The van der Waals surface area contributed by atoms with Crippen LogP contribution in [0.5, 0.6) is 0 Å². The van der Waals surface area contributed by atoms with Crippen LogP contribution >= 0.6 is 0 Å². The molecule has 131 valence electrons. The number of rotatable bonds is 8. The summed E-state index contributed by atoms with van der Waals surface area (Å²) in [5, 5.41) is 29.3. The van der Waals surface area contributed by atoms with Gasteiger partial charge >= 0.3 is 131 Å². The van der Waals surface area contributed by atoms with Crippen LogP contribution in [-0.4, -0.2) is 71.9 Å². The molecule has 0 aromatic heterocycles. The zero-order chi connectivity index (χ0) is 17.1. The summed E-state index contributed by atoms with van der Waals surface area (Å²) >= 11 is -3.09. The topological polar surface area (TPSA) is 170 Å². The van der Waals surface area contributed by atoms with Crippen LogP contribution in [0.1, 0.15) is 0 Å². The average Bonchev–Trinajstić information content (AvgIpc) is 2.62. The SMILES string of the molecule is C[As](C)(=O)C[C@H]1O[C@@H](OC[C@H](O)C[S+]([O])(=O)O[NH3+])[C@H](O)[C@@H]1O. The maximum atomic E-state index is 11.8. The first kappa shape index (κ1) is 20.2. The minimum absolute atomic E-state index is 0.128. The van der Waals surface area contributed by atoms with Crippen molar-refractivity contribution in [2.45, 2.75) is 47.3 Å². The number of hydrogen-bond donors (Lipinski definition) is 4. The van der Waals surface area contributed by atoms with E-state index in [-0.39, 0.29) is 5.21 Å². The van der Waals surface area contributed by atoms with Crippen molar-refractivity contribution in [2.75, 3.05) is 12.4 Å². The molecule has 22 heavy (non-hydrogen) atoms. The molecule has 1 radical (unpaired) electrons. The predicted molar refractivity (Wildman–Crippen MR) is 73.2 cm³/mol. The van der Waals surface area contributed by atoms with E-state index in [2.05, 4.69) is 10.2 Å². The van der Waals surface area contributed by atoms with Crippen LogP contribution < -0.4 is 5.90 Å². The molecule has 0 aromatic carbocycles. The Morgan fingerprint density at radius 2 is 1.95 bits per heavy atom. The van der Waals surface area contributed by atoms with Gasteiger partial charge in [-0.05, 0) is 0 Å². The van der Waals surface area contributed by atoms with E-state index in [0.29, 0.717) is 0 Å². The normalized spacial score (nSPS) is 33.6. The van der Waals surface area contributed by atoms with Crippen LogP contribution in [0.3, 0.4) is 0 Å². The van der Waals surface area contributed by atoms with E-state index >= 15 is 0 Å². The molecule has 0 aliphatic carbocycles. The van der Waals surface area contributed by atoms with Gasteiger partial charge in [0.25, 0.3) is 0 Å². The first-order valence-electron chi connectivity index (χ1n) is 6.47. The van der Waals surface area contributed by atoms with Crippen molar-refractivity contribution < 1.29 is 47.5 Å². The summed E-state index contributed by atoms with van der Waals surface area (Å²) in [5.74, 6) is 2.02. The van der Waals surface area contributed by atoms with Gasteiger partial charge < -0.3 is 0 Å². The van der Waals surface area contributed by atoms with Gasteiger partial charge in [-0.15, -0.1) is 0 Å². The van der Waals surface area contributed by atoms with Crippen molar-refractivity contribution in [3.05, 3.63) is 0 Å². The van der Waals surface area contributed by atoms with Gasteiger partial charge in [0.2, 0.25) is 0 Å². The van der Waals surface area contributed by atoms with Crippen LogP contribution in [-0.2, 0) is 36.8 Å². The van der Waals surface area contributed by atoms with Crippen LogP contribution in [0.15, 0.2) is 0 Å². The molecule has 1 aliphatic heterocycles. The Morgan fingerprint density at radius 1 is 1.36 bits per heavy atom. The molecule has 1 aliphatic rings. The van der Waals surface area contributed by atoms with Gasteiger partial charge in [-0.3, -0.25) is 0 Å². The number of aliphatic hydroxyl groups is 3. The van der Waals surface area contributed by atoms with Crippen molar-refractivity contribution in [1.29, 1.82) is 0 Å². The third-order valence-corrected chi connectivity index (χ3v) is 6.72. The van der Waals surface area contributed by atoms with Gasteiger partial charge in [0.1, 0.15) is 0 Å². The molecule has 0 bridgehead atoms. The Bertz CT molecular complexity index is 458. The van der Waals surface area contributed by atoms with Crippen molar-refractivity contribution in [2.24, 2.45) is 0 Å². The van der Waals surface area contributed by atoms with Gasteiger partial charge in [-0.1, -0.05) is 0 Å². The first-order valence-corrected chi connectivity index (χ1v) is 13.9. The fourth-order valence-electron chi connectivity index (χ4n) is 1.97. The summed E-state index contributed by atoms with van der Waals surface area (Å²) in [6.07, 6.45) is -6.11. The second-order valence-corrected chi connectivity index (χ2v) is 14.7. The van der Waals surface area contributed by atoms with E-state index in [0.717, 1.165) is 0 Å². The van der Waals surface area contributed by atoms with Crippen molar-refractivity contribution in [3.8, 4) is 0 Å². The van der Waals surface area contributed by atoms with E-state index < -0.39 is 67.1 Å². The van der Waals surface area contributed by atoms with Crippen molar-refractivity contribution in [1.82, 2.24) is 0 Å². The molecule has 0 aromatic rings. The molecular formula is C10H23AsNO9S+2. The van der Waals surface area contributed by atoms with Gasteiger partial charge in [0, 0.05) is 0 Å². The van der Waals surface area contributed by atoms with E-state index in [1.807, 2.05) is 0 Å². The van der Waals surface area contributed by atoms with Crippen LogP contribution in [0.2, 0.25) is 16.6 Å². The second-order valence-electron chi connectivity index (χ2n) is 5.61.